The number of rotatable bonds is 5. The number of fused-ring (bicyclic) bond motifs is 1. The molecule has 0 radical (unpaired) electrons. The second kappa shape index (κ2) is 7.18. The Bertz CT molecular complexity index is 1000. The van der Waals surface area contributed by atoms with Crippen molar-refractivity contribution in [3.63, 3.8) is 0 Å². The number of carbonyl (C=O) groups is 1. The quantitative estimate of drug-likeness (QED) is 0.798. The molecule has 0 aromatic heterocycles. The number of hydrogen-bond acceptors (Lipinski definition) is 4. The third-order valence-corrected chi connectivity index (χ3v) is 8.38. The Kier molecular flexibility index (Phi) is 4.52. The van der Waals surface area contributed by atoms with Crippen LogP contribution in [-0.4, -0.2) is 40.5 Å². The molecule has 1 aliphatic heterocycles. The molecule has 2 bridgehead atoms. The molecular weight excluding hydrogens is 386 g/mol. The van der Waals surface area contributed by atoms with Gasteiger partial charge in [-0.25, -0.2) is 0 Å². The second-order valence-electron chi connectivity index (χ2n) is 10.2. The van der Waals surface area contributed by atoms with E-state index in [1.807, 2.05) is 18.2 Å². The number of piperidine rings is 1. The largest absolute Gasteiger partial charge is 0.489 e. The van der Waals surface area contributed by atoms with Gasteiger partial charge in [0.25, 0.3) is 0 Å². The van der Waals surface area contributed by atoms with E-state index >= 15 is 0 Å². The topological polar surface area (TPSA) is 49.8 Å². The molecule has 3 fully saturated rings. The Balaban J connectivity index is 1.36. The van der Waals surface area contributed by atoms with Gasteiger partial charge in [-0.3, -0.25) is 9.69 Å². The van der Waals surface area contributed by atoms with E-state index in [1.54, 1.807) is 0 Å². The van der Waals surface area contributed by atoms with Crippen LogP contribution in [0.5, 0.6) is 5.75 Å². The maximum absolute atomic E-state index is 12.7. The van der Waals surface area contributed by atoms with Crippen molar-refractivity contribution in [3.05, 3.63) is 65.2 Å². The van der Waals surface area contributed by atoms with Gasteiger partial charge in [-0.2, -0.15) is 0 Å². The van der Waals surface area contributed by atoms with E-state index in [9.17, 15) is 9.90 Å². The lowest BCUT2D eigenvalue weighted by Gasteiger charge is -2.63. The summed E-state index contributed by atoms with van der Waals surface area (Å²) in [7, 11) is 0. The van der Waals surface area contributed by atoms with Gasteiger partial charge >= 0.3 is 0 Å². The van der Waals surface area contributed by atoms with Crippen LogP contribution in [0.15, 0.2) is 48.5 Å². The maximum atomic E-state index is 12.7. The van der Waals surface area contributed by atoms with Gasteiger partial charge in [0.2, 0.25) is 0 Å². The molecule has 2 aromatic carbocycles. The molecule has 4 aliphatic rings. The summed E-state index contributed by atoms with van der Waals surface area (Å²) in [5.41, 5.74) is 2.30. The molecule has 4 nitrogen and oxygen atoms in total. The van der Waals surface area contributed by atoms with Crippen LogP contribution in [0.4, 0.5) is 0 Å². The number of likely N-dealkylation sites (tertiary alicyclic amines) is 1. The van der Waals surface area contributed by atoms with E-state index in [-0.39, 0.29) is 6.04 Å². The molecule has 2 aromatic rings. The number of nitrogens with zero attached hydrogens (tertiary/aromatic N) is 1. The fourth-order valence-corrected chi connectivity index (χ4v) is 6.56. The second-order valence-corrected chi connectivity index (χ2v) is 10.2. The zero-order valence-corrected chi connectivity index (χ0v) is 18.1. The first-order valence-corrected chi connectivity index (χ1v) is 11.9. The zero-order valence-electron chi connectivity index (χ0n) is 18.1. The Labute approximate surface area is 184 Å². The van der Waals surface area contributed by atoms with Crippen LogP contribution >= 0.6 is 0 Å². The molecule has 3 atom stereocenters. The van der Waals surface area contributed by atoms with Gasteiger partial charge in [-0.15, -0.1) is 0 Å². The average Bonchev–Trinajstić information content (AvgIpc) is 3.60. The van der Waals surface area contributed by atoms with Crippen molar-refractivity contribution in [1.82, 2.24) is 4.90 Å². The predicted molar refractivity (Wildman–Crippen MR) is 119 cm³/mol. The molecule has 6 rings (SSSR count). The minimum absolute atomic E-state index is 0.124. The average molecular weight is 418 g/mol. The van der Waals surface area contributed by atoms with Gasteiger partial charge < -0.3 is 9.84 Å². The van der Waals surface area contributed by atoms with E-state index in [4.69, 9.17) is 4.74 Å². The van der Waals surface area contributed by atoms with E-state index in [0.717, 1.165) is 48.7 Å². The fourth-order valence-electron chi connectivity index (χ4n) is 6.56. The van der Waals surface area contributed by atoms with Crippen molar-refractivity contribution in [2.24, 2.45) is 5.92 Å². The van der Waals surface area contributed by atoms with Crippen LogP contribution in [0.2, 0.25) is 0 Å². The Hall–Kier alpha value is -2.17. The number of ketones is 1. The number of ether oxygens (including phenoxy) is 1. The van der Waals surface area contributed by atoms with Crippen LogP contribution < -0.4 is 4.74 Å². The number of benzene rings is 2. The molecule has 162 valence electrons. The van der Waals surface area contributed by atoms with Crippen molar-refractivity contribution >= 4 is 5.78 Å². The van der Waals surface area contributed by atoms with Crippen LogP contribution in [0.25, 0.3) is 0 Å². The smallest absolute Gasteiger partial charge is 0.134 e. The summed E-state index contributed by atoms with van der Waals surface area (Å²) < 4.78 is 6.14. The lowest BCUT2D eigenvalue weighted by molar-refractivity contribution is -0.173. The Morgan fingerprint density at radius 1 is 1.10 bits per heavy atom. The van der Waals surface area contributed by atoms with Crippen molar-refractivity contribution in [1.29, 1.82) is 0 Å². The molecule has 1 N–H and O–H groups in total. The van der Waals surface area contributed by atoms with Crippen LogP contribution in [0.3, 0.4) is 0 Å². The van der Waals surface area contributed by atoms with E-state index < -0.39 is 11.0 Å². The molecule has 4 heteroatoms. The number of carbonyl (C=O) groups excluding carboxylic acids is 1. The summed E-state index contributed by atoms with van der Waals surface area (Å²) in [4.78, 5) is 15.2. The number of Topliss-reactive ketones (excluding diaryl/α,β-unsaturated/α-hetero) is 1. The van der Waals surface area contributed by atoms with E-state index in [0.29, 0.717) is 31.7 Å². The molecule has 1 saturated heterocycles. The number of hydrogen-bond donors (Lipinski definition) is 1. The molecule has 2 saturated carbocycles. The van der Waals surface area contributed by atoms with Gasteiger partial charge in [0.05, 0.1) is 5.60 Å². The molecule has 0 unspecified atom stereocenters. The highest BCUT2D eigenvalue weighted by atomic mass is 16.5. The lowest BCUT2D eigenvalue weighted by Crippen LogP contribution is -2.73. The molecule has 0 spiro atoms. The maximum Gasteiger partial charge on any atom is 0.134 e. The van der Waals surface area contributed by atoms with Crippen molar-refractivity contribution in [3.8, 4) is 5.75 Å². The highest BCUT2D eigenvalue weighted by Gasteiger charge is 2.64. The zero-order chi connectivity index (χ0) is 21.1. The first-order valence-electron chi connectivity index (χ1n) is 11.9. The van der Waals surface area contributed by atoms with Crippen molar-refractivity contribution in [2.45, 2.75) is 68.6 Å². The highest BCUT2D eigenvalue weighted by Crippen LogP contribution is 2.58. The van der Waals surface area contributed by atoms with Gasteiger partial charge in [-0.05, 0) is 73.4 Å². The van der Waals surface area contributed by atoms with Gasteiger partial charge in [-0.1, -0.05) is 36.4 Å². The summed E-state index contributed by atoms with van der Waals surface area (Å²) in [6, 6.07) is 16.7. The third-order valence-electron chi connectivity index (χ3n) is 8.38. The highest BCUT2D eigenvalue weighted by molar-refractivity contribution is 5.82. The molecule has 1 heterocycles. The summed E-state index contributed by atoms with van der Waals surface area (Å²) in [6.45, 7) is 2.60. The summed E-state index contributed by atoms with van der Waals surface area (Å²) >= 11 is 0. The SMILES string of the molecule is O=C1CC[C@@]2(O)[C@H]3Cc4ccc(OCc5ccccc5)cc4[C@@]2(CCN3CC2CC2)C1. The van der Waals surface area contributed by atoms with E-state index in [1.165, 1.54) is 18.4 Å². The van der Waals surface area contributed by atoms with Crippen LogP contribution in [-0.2, 0) is 23.2 Å². The minimum atomic E-state index is -0.820. The van der Waals surface area contributed by atoms with Gasteiger partial charge in [0, 0.05) is 30.8 Å². The molecular formula is C27H31NO3. The summed E-state index contributed by atoms with van der Waals surface area (Å²) in [5, 5.41) is 12.2. The fraction of sp³-hybridized carbons (Fsp3) is 0.519. The standard InChI is InChI=1S/C27H31NO3/c29-22-10-11-27(30)25-14-21-8-9-23(31-18-20-4-2-1-3-5-20)15-24(21)26(27,16-22)12-13-28(25)17-19-6-7-19/h1-5,8-9,15,19,25,30H,6-7,10-14,16-18H2/t25-,26-,27-/m1/s1. The molecule has 31 heavy (non-hydrogen) atoms. The molecule has 0 amide bonds. The number of aliphatic hydroxyl groups is 1. The monoisotopic (exact) mass is 417 g/mol. The van der Waals surface area contributed by atoms with Crippen LogP contribution in [0, 0.1) is 5.92 Å². The summed E-state index contributed by atoms with van der Waals surface area (Å²) in [5.74, 6) is 1.93. The normalized spacial score (nSPS) is 32.3. The first-order chi connectivity index (χ1) is 15.1. The minimum Gasteiger partial charge on any atom is -0.489 e. The predicted octanol–water partition coefficient (Wildman–Crippen LogP) is 4.03. The first kappa shape index (κ1) is 19.5. The van der Waals surface area contributed by atoms with Gasteiger partial charge in [0.1, 0.15) is 18.1 Å². The molecule has 3 aliphatic carbocycles. The van der Waals surface area contributed by atoms with E-state index in [2.05, 4.69) is 35.2 Å². The van der Waals surface area contributed by atoms with Crippen molar-refractivity contribution in [2.75, 3.05) is 13.1 Å². The van der Waals surface area contributed by atoms with Gasteiger partial charge in [0.15, 0.2) is 0 Å². The third kappa shape index (κ3) is 3.15. The van der Waals surface area contributed by atoms with Crippen molar-refractivity contribution < 1.29 is 14.6 Å². The Morgan fingerprint density at radius 2 is 1.94 bits per heavy atom. The van der Waals surface area contributed by atoms with Crippen LogP contribution in [0.1, 0.15) is 55.2 Å². The summed E-state index contributed by atoms with van der Waals surface area (Å²) in [6.07, 6.45) is 5.93. The Morgan fingerprint density at radius 3 is 2.74 bits per heavy atom. The lowest BCUT2D eigenvalue weighted by atomic mass is 9.49.